The molecule has 0 N–H and O–H groups in total. The zero-order valence-electron chi connectivity index (χ0n) is 8.48. The minimum Gasteiger partial charge on any atom is -0.265 e. The molecule has 2 aromatic rings. The van der Waals surface area contributed by atoms with Crippen molar-refractivity contribution < 1.29 is 4.21 Å². The van der Waals surface area contributed by atoms with E-state index >= 15 is 0 Å². The molecule has 0 aromatic carbocycles. The van der Waals surface area contributed by atoms with Crippen LogP contribution >= 0.6 is 0 Å². The molecule has 0 aliphatic carbocycles. The average molecular weight is 230 g/mol. The van der Waals surface area contributed by atoms with E-state index in [2.05, 4.69) is 9.97 Å². The van der Waals surface area contributed by atoms with Crippen molar-refractivity contribution in [1.82, 2.24) is 9.97 Å². The van der Waals surface area contributed by atoms with Crippen LogP contribution in [0.25, 0.3) is 6.08 Å². The smallest absolute Gasteiger partial charge is 0.0791 e. The summed E-state index contributed by atoms with van der Waals surface area (Å²) in [7, 11) is -1.15. The standard InChI is InChI=1S/C12H10N2OS/c15-16(12-2-1-6-14-10-12)9-5-11-3-7-13-8-4-11/h1-10H/b9-5-. The summed E-state index contributed by atoms with van der Waals surface area (Å²) in [6.45, 7) is 0. The van der Waals surface area contributed by atoms with Gasteiger partial charge in [-0.25, -0.2) is 4.21 Å². The van der Waals surface area contributed by atoms with Gasteiger partial charge in [-0.2, -0.15) is 0 Å². The quantitative estimate of drug-likeness (QED) is 0.812. The van der Waals surface area contributed by atoms with Crippen molar-refractivity contribution in [2.45, 2.75) is 4.90 Å². The summed E-state index contributed by atoms with van der Waals surface area (Å²) in [6.07, 6.45) is 8.48. The molecule has 1 unspecified atom stereocenters. The summed E-state index contributed by atoms with van der Waals surface area (Å²) < 4.78 is 11.8. The van der Waals surface area contributed by atoms with Crippen molar-refractivity contribution in [3.05, 3.63) is 60.0 Å². The third-order valence-electron chi connectivity index (χ3n) is 1.96. The fourth-order valence-corrected chi connectivity index (χ4v) is 1.97. The molecule has 16 heavy (non-hydrogen) atoms. The highest BCUT2D eigenvalue weighted by atomic mass is 32.2. The third-order valence-corrected chi connectivity index (χ3v) is 3.05. The van der Waals surface area contributed by atoms with Crippen molar-refractivity contribution >= 4 is 16.9 Å². The summed E-state index contributed by atoms with van der Waals surface area (Å²) in [5.41, 5.74) is 0.979. The second-order valence-electron chi connectivity index (χ2n) is 3.07. The monoisotopic (exact) mass is 230 g/mol. The SMILES string of the molecule is O=S(/C=C\c1ccncc1)c1cccnc1. The van der Waals surface area contributed by atoms with E-state index in [0.29, 0.717) is 4.90 Å². The van der Waals surface area contributed by atoms with Crippen LogP contribution in [0.15, 0.2) is 59.4 Å². The predicted molar refractivity (Wildman–Crippen MR) is 63.9 cm³/mol. The first kappa shape index (κ1) is 10.7. The number of hydrogen-bond donors (Lipinski definition) is 0. The van der Waals surface area contributed by atoms with Gasteiger partial charge in [-0.05, 0) is 35.9 Å². The molecule has 0 bridgehead atoms. The molecule has 0 fully saturated rings. The molecule has 0 radical (unpaired) electrons. The molecule has 0 saturated carbocycles. The zero-order valence-corrected chi connectivity index (χ0v) is 9.30. The van der Waals surface area contributed by atoms with Crippen LogP contribution in [0.5, 0.6) is 0 Å². The van der Waals surface area contributed by atoms with Crippen LogP contribution in [0.2, 0.25) is 0 Å². The minimum atomic E-state index is -1.15. The van der Waals surface area contributed by atoms with Gasteiger partial charge in [0.1, 0.15) is 0 Å². The molecule has 2 heterocycles. The second kappa shape index (κ2) is 5.32. The molecule has 4 heteroatoms. The van der Waals surface area contributed by atoms with Crippen molar-refractivity contribution in [2.75, 3.05) is 0 Å². The number of pyridine rings is 2. The third kappa shape index (κ3) is 2.84. The lowest BCUT2D eigenvalue weighted by atomic mass is 10.3. The van der Waals surface area contributed by atoms with Gasteiger partial charge in [0.2, 0.25) is 0 Å². The van der Waals surface area contributed by atoms with Gasteiger partial charge >= 0.3 is 0 Å². The van der Waals surface area contributed by atoms with Gasteiger partial charge in [-0.3, -0.25) is 9.97 Å². The molecular formula is C12H10N2OS. The Morgan fingerprint density at radius 3 is 2.56 bits per heavy atom. The zero-order chi connectivity index (χ0) is 11.2. The Bertz CT molecular complexity index is 497. The summed E-state index contributed by atoms with van der Waals surface area (Å²) in [5, 5.41) is 1.65. The van der Waals surface area contributed by atoms with Crippen LogP contribution in [0.4, 0.5) is 0 Å². The lowest BCUT2D eigenvalue weighted by Crippen LogP contribution is -1.86. The number of rotatable bonds is 3. The molecule has 3 nitrogen and oxygen atoms in total. The lowest BCUT2D eigenvalue weighted by molar-refractivity contribution is 0.688. The van der Waals surface area contributed by atoms with Gasteiger partial charge in [0.15, 0.2) is 0 Å². The molecule has 0 aliphatic heterocycles. The van der Waals surface area contributed by atoms with Crippen LogP contribution < -0.4 is 0 Å². The Balaban J connectivity index is 2.12. The maximum atomic E-state index is 11.8. The Morgan fingerprint density at radius 2 is 1.88 bits per heavy atom. The first-order chi connectivity index (χ1) is 7.86. The Morgan fingerprint density at radius 1 is 1.06 bits per heavy atom. The van der Waals surface area contributed by atoms with E-state index in [0.717, 1.165) is 5.56 Å². The van der Waals surface area contributed by atoms with E-state index in [1.54, 1.807) is 42.3 Å². The topological polar surface area (TPSA) is 42.9 Å². The lowest BCUT2D eigenvalue weighted by Gasteiger charge is -1.94. The highest BCUT2D eigenvalue weighted by molar-refractivity contribution is 7.88. The number of nitrogens with zero attached hydrogens (tertiary/aromatic N) is 2. The largest absolute Gasteiger partial charge is 0.265 e. The van der Waals surface area contributed by atoms with Gasteiger partial charge in [-0.15, -0.1) is 0 Å². The van der Waals surface area contributed by atoms with E-state index in [-0.39, 0.29) is 0 Å². The Labute approximate surface area is 96.3 Å². The molecule has 2 aromatic heterocycles. The van der Waals surface area contributed by atoms with Gasteiger partial charge in [0, 0.05) is 30.2 Å². The van der Waals surface area contributed by atoms with E-state index in [1.165, 1.54) is 0 Å². The maximum absolute atomic E-state index is 11.8. The Hall–Kier alpha value is -1.81. The summed E-state index contributed by atoms with van der Waals surface area (Å²) in [5.74, 6) is 0. The molecule has 1 atom stereocenters. The molecule has 0 saturated heterocycles. The van der Waals surface area contributed by atoms with Crippen molar-refractivity contribution in [1.29, 1.82) is 0 Å². The van der Waals surface area contributed by atoms with Crippen molar-refractivity contribution in [3.63, 3.8) is 0 Å². The molecule has 0 spiro atoms. The first-order valence-electron chi connectivity index (χ1n) is 4.75. The summed E-state index contributed by atoms with van der Waals surface area (Å²) in [4.78, 5) is 8.54. The first-order valence-corrected chi connectivity index (χ1v) is 5.96. The second-order valence-corrected chi connectivity index (χ2v) is 4.41. The molecule has 80 valence electrons. The molecule has 2 rings (SSSR count). The van der Waals surface area contributed by atoms with Gasteiger partial charge in [0.05, 0.1) is 15.7 Å². The van der Waals surface area contributed by atoms with Crippen LogP contribution in [0, 0.1) is 0 Å². The maximum Gasteiger partial charge on any atom is 0.0791 e. The van der Waals surface area contributed by atoms with Crippen LogP contribution in [0.3, 0.4) is 0 Å². The van der Waals surface area contributed by atoms with Crippen molar-refractivity contribution in [2.24, 2.45) is 0 Å². The van der Waals surface area contributed by atoms with Crippen molar-refractivity contribution in [3.8, 4) is 0 Å². The van der Waals surface area contributed by atoms with Crippen LogP contribution in [0.1, 0.15) is 5.56 Å². The van der Waals surface area contributed by atoms with E-state index in [9.17, 15) is 4.21 Å². The van der Waals surface area contributed by atoms with E-state index in [1.807, 2.05) is 18.2 Å². The number of hydrogen-bond acceptors (Lipinski definition) is 3. The van der Waals surface area contributed by atoms with Crippen LogP contribution in [-0.2, 0) is 10.8 Å². The summed E-state index contributed by atoms with van der Waals surface area (Å²) in [6, 6.07) is 7.28. The van der Waals surface area contributed by atoms with Gasteiger partial charge in [0.25, 0.3) is 0 Å². The number of aromatic nitrogens is 2. The van der Waals surface area contributed by atoms with E-state index < -0.39 is 10.8 Å². The Kier molecular flexibility index (Phi) is 3.56. The molecular weight excluding hydrogens is 220 g/mol. The van der Waals surface area contributed by atoms with E-state index in [4.69, 9.17) is 0 Å². The molecule has 0 amide bonds. The highest BCUT2D eigenvalue weighted by Gasteiger charge is 1.97. The molecule has 0 aliphatic rings. The fraction of sp³-hybridized carbons (Fsp3) is 0. The minimum absolute atomic E-state index is 0.702. The van der Waals surface area contributed by atoms with Crippen LogP contribution in [-0.4, -0.2) is 14.2 Å². The predicted octanol–water partition coefficient (Wildman–Crippen LogP) is 2.26. The fourth-order valence-electron chi connectivity index (χ4n) is 1.16. The van der Waals surface area contributed by atoms with Gasteiger partial charge in [-0.1, -0.05) is 0 Å². The van der Waals surface area contributed by atoms with Gasteiger partial charge < -0.3 is 0 Å². The average Bonchev–Trinajstić information content (AvgIpc) is 2.38. The normalized spacial score (nSPS) is 12.8. The highest BCUT2D eigenvalue weighted by Crippen LogP contribution is 2.07. The summed E-state index contributed by atoms with van der Waals surface area (Å²) >= 11 is 0.